The third-order valence-electron chi connectivity index (χ3n) is 4.32. The predicted molar refractivity (Wildman–Crippen MR) is 85.7 cm³/mol. The largest absolute Gasteiger partial charge is 0.381 e. The molecule has 4 nitrogen and oxygen atoms in total. The van der Waals surface area contributed by atoms with Crippen LogP contribution >= 0.6 is 0 Å². The monoisotopic (exact) mass is 291 g/mol. The summed E-state index contributed by atoms with van der Waals surface area (Å²) in [7, 11) is 0. The van der Waals surface area contributed by atoms with Gasteiger partial charge in [-0.25, -0.2) is 9.97 Å². The van der Waals surface area contributed by atoms with Crippen molar-refractivity contribution in [3.8, 4) is 0 Å². The Morgan fingerprint density at radius 3 is 2.38 bits per heavy atom. The van der Waals surface area contributed by atoms with Crippen molar-refractivity contribution in [1.82, 2.24) is 15.3 Å². The van der Waals surface area contributed by atoms with Crippen LogP contribution < -0.4 is 5.32 Å². The highest BCUT2D eigenvalue weighted by Gasteiger charge is 2.20. The smallest absolute Gasteiger partial charge is 0.132 e. The standard InChI is InChI=1S/C17H29N3O/c1-5-18-11-12(2)10-16-13(3)19-17(20-14(16)4)15-6-8-21-9-7-15/h12,15,18H,5-11H2,1-4H3. The van der Waals surface area contributed by atoms with Gasteiger partial charge in [-0.05, 0) is 57.7 Å². The van der Waals surface area contributed by atoms with Crippen LogP contribution in [-0.4, -0.2) is 36.3 Å². The quantitative estimate of drug-likeness (QED) is 0.875. The first-order valence-electron chi connectivity index (χ1n) is 8.24. The van der Waals surface area contributed by atoms with E-state index in [4.69, 9.17) is 14.7 Å². The summed E-state index contributed by atoms with van der Waals surface area (Å²) in [6.07, 6.45) is 3.16. The minimum atomic E-state index is 0.476. The van der Waals surface area contributed by atoms with Crippen LogP contribution in [0.1, 0.15) is 55.4 Å². The van der Waals surface area contributed by atoms with Crippen LogP contribution in [0.5, 0.6) is 0 Å². The van der Waals surface area contributed by atoms with E-state index in [1.807, 2.05) is 0 Å². The van der Waals surface area contributed by atoms with Gasteiger partial charge in [-0.2, -0.15) is 0 Å². The molecule has 1 atom stereocenters. The molecule has 1 aliphatic rings. The van der Waals surface area contributed by atoms with Gasteiger partial charge in [-0.1, -0.05) is 13.8 Å². The van der Waals surface area contributed by atoms with Crippen LogP contribution in [0.15, 0.2) is 0 Å². The second kappa shape index (κ2) is 7.85. The zero-order valence-corrected chi connectivity index (χ0v) is 13.9. The summed E-state index contributed by atoms with van der Waals surface area (Å²) in [4.78, 5) is 9.61. The number of hydrogen-bond acceptors (Lipinski definition) is 4. The molecular weight excluding hydrogens is 262 g/mol. The molecule has 1 aliphatic heterocycles. The topological polar surface area (TPSA) is 47.0 Å². The fraction of sp³-hybridized carbons (Fsp3) is 0.765. The normalized spacial score (nSPS) is 17.9. The fourth-order valence-corrected chi connectivity index (χ4v) is 3.01. The Morgan fingerprint density at radius 2 is 1.81 bits per heavy atom. The minimum Gasteiger partial charge on any atom is -0.381 e. The molecule has 0 amide bonds. The second-order valence-corrected chi connectivity index (χ2v) is 6.23. The van der Waals surface area contributed by atoms with E-state index < -0.39 is 0 Å². The molecule has 0 bridgehead atoms. The summed E-state index contributed by atoms with van der Waals surface area (Å²) in [6, 6.07) is 0. The van der Waals surface area contributed by atoms with Crippen molar-refractivity contribution in [1.29, 1.82) is 0 Å². The number of nitrogens with zero attached hydrogens (tertiary/aromatic N) is 2. The van der Waals surface area contributed by atoms with E-state index in [2.05, 4.69) is 33.0 Å². The summed E-state index contributed by atoms with van der Waals surface area (Å²) >= 11 is 0. The first-order valence-corrected chi connectivity index (χ1v) is 8.24. The lowest BCUT2D eigenvalue weighted by atomic mass is 9.96. The SMILES string of the molecule is CCNCC(C)Cc1c(C)nc(C2CCOCC2)nc1C. The van der Waals surface area contributed by atoms with Gasteiger partial charge in [-0.15, -0.1) is 0 Å². The van der Waals surface area contributed by atoms with Crippen molar-refractivity contribution in [2.75, 3.05) is 26.3 Å². The van der Waals surface area contributed by atoms with E-state index in [0.717, 1.165) is 62.8 Å². The molecule has 0 saturated carbocycles. The molecule has 0 spiro atoms. The zero-order chi connectivity index (χ0) is 15.2. The number of nitrogens with one attached hydrogen (secondary N) is 1. The molecule has 1 N–H and O–H groups in total. The number of rotatable bonds is 6. The average Bonchev–Trinajstić information content (AvgIpc) is 2.49. The van der Waals surface area contributed by atoms with Crippen LogP contribution in [0.3, 0.4) is 0 Å². The van der Waals surface area contributed by atoms with E-state index in [9.17, 15) is 0 Å². The number of aryl methyl sites for hydroxylation is 2. The predicted octanol–water partition coefficient (Wildman–Crippen LogP) is 2.78. The Hall–Kier alpha value is -1.00. The summed E-state index contributed by atoms with van der Waals surface area (Å²) in [5.41, 5.74) is 3.65. The molecule has 0 aliphatic carbocycles. The average molecular weight is 291 g/mol. The molecule has 0 radical (unpaired) electrons. The molecule has 2 rings (SSSR count). The molecule has 1 aromatic rings. The van der Waals surface area contributed by atoms with Crippen molar-refractivity contribution in [3.05, 3.63) is 22.8 Å². The van der Waals surface area contributed by atoms with Gasteiger partial charge in [0.2, 0.25) is 0 Å². The van der Waals surface area contributed by atoms with Gasteiger partial charge in [0.25, 0.3) is 0 Å². The molecule has 1 unspecified atom stereocenters. The highest BCUT2D eigenvalue weighted by Crippen LogP contribution is 2.26. The molecule has 1 fully saturated rings. The van der Waals surface area contributed by atoms with Gasteiger partial charge in [0.1, 0.15) is 5.82 Å². The maximum Gasteiger partial charge on any atom is 0.132 e. The van der Waals surface area contributed by atoms with Crippen molar-refractivity contribution in [2.24, 2.45) is 5.92 Å². The van der Waals surface area contributed by atoms with E-state index >= 15 is 0 Å². The third kappa shape index (κ3) is 4.48. The fourth-order valence-electron chi connectivity index (χ4n) is 3.01. The van der Waals surface area contributed by atoms with Gasteiger partial charge >= 0.3 is 0 Å². The first kappa shape index (κ1) is 16.4. The van der Waals surface area contributed by atoms with E-state index in [1.165, 1.54) is 5.56 Å². The number of ether oxygens (including phenoxy) is 1. The molecule has 0 aromatic carbocycles. The van der Waals surface area contributed by atoms with E-state index in [1.54, 1.807) is 0 Å². The van der Waals surface area contributed by atoms with Crippen molar-refractivity contribution in [3.63, 3.8) is 0 Å². The van der Waals surface area contributed by atoms with Gasteiger partial charge in [0.15, 0.2) is 0 Å². The molecule has 21 heavy (non-hydrogen) atoms. The molecule has 118 valence electrons. The molecule has 2 heterocycles. The van der Waals surface area contributed by atoms with Gasteiger partial charge in [-0.3, -0.25) is 0 Å². The maximum absolute atomic E-state index is 5.43. The van der Waals surface area contributed by atoms with Crippen LogP contribution in [-0.2, 0) is 11.2 Å². The summed E-state index contributed by atoms with van der Waals surface area (Å²) < 4.78 is 5.43. The van der Waals surface area contributed by atoms with E-state index in [0.29, 0.717) is 11.8 Å². The molecule has 1 saturated heterocycles. The Morgan fingerprint density at radius 1 is 1.19 bits per heavy atom. The lowest BCUT2D eigenvalue weighted by molar-refractivity contribution is 0.0835. The van der Waals surface area contributed by atoms with Crippen LogP contribution in [0.25, 0.3) is 0 Å². The van der Waals surface area contributed by atoms with Crippen LogP contribution in [0.2, 0.25) is 0 Å². The Labute approximate surface area is 128 Å². The molecule has 4 heteroatoms. The molecule has 1 aromatic heterocycles. The van der Waals surface area contributed by atoms with Gasteiger partial charge in [0.05, 0.1) is 0 Å². The van der Waals surface area contributed by atoms with Crippen LogP contribution in [0, 0.1) is 19.8 Å². The Balaban J connectivity index is 2.09. The lowest BCUT2D eigenvalue weighted by Gasteiger charge is -2.22. The van der Waals surface area contributed by atoms with Crippen molar-refractivity contribution >= 4 is 0 Å². The van der Waals surface area contributed by atoms with Crippen molar-refractivity contribution in [2.45, 2.75) is 52.9 Å². The lowest BCUT2D eigenvalue weighted by Crippen LogP contribution is -2.23. The highest BCUT2D eigenvalue weighted by molar-refractivity contribution is 5.25. The highest BCUT2D eigenvalue weighted by atomic mass is 16.5. The summed E-state index contributed by atoms with van der Waals surface area (Å²) in [5, 5.41) is 3.42. The zero-order valence-electron chi connectivity index (χ0n) is 13.9. The minimum absolute atomic E-state index is 0.476. The third-order valence-corrected chi connectivity index (χ3v) is 4.32. The maximum atomic E-state index is 5.43. The van der Waals surface area contributed by atoms with Crippen LogP contribution in [0.4, 0.5) is 0 Å². The number of hydrogen-bond donors (Lipinski definition) is 1. The van der Waals surface area contributed by atoms with Gasteiger partial charge < -0.3 is 10.1 Å². The van der Waals surface area contributed by atoms with Crippen molar-refractivity contribution < 1.29 is 4.74 Å². The van der Waals surface area contributed by atoms with E-state index in [-0.39, 0.29) is 0 Å². The summed E-state index contributed by atoms with van der Waals surface area (Å²) in [5.74, 6) is 2.11. The first-order chi connectivity index (χ1) is 10.1. The second-order valence-electron chi connectivity index (χ2n) is 6.23. The summed E-state index contributed by atoms with van der Waals surface area (Å²) in [6.45, 7) is 12.5. The Kier molecular flexibility index (Phi) is 6.12. The molecular formula is C17H29N3O. The van der Waals surface area contributed by atoms with Gasteiger partial charge in [0, 0.05) is 30.5 Å². The number of aromatic nitrogens is 2. The Bertz CT molecular complexity index is 432.